The van der Waals surface area contributed by atoms with Gasteiger partial charge in [-0.1, -0.05) is 12.2 Å². The zero-order chi connectivity index (χ0) is 23.2. The molecule has 9 nitrogen and oxygen atoms in total. The number of carbonyl (C=O) groups is 3. The summed E-state index contributed by atoms with van der Waals surface area (Å²) in [5.41, 5.74) is 1.12. The number of aliphatic hydroxyl groups is 1. The molecule has 0 aliphatic carbocycles. The molecule has 2 atom stereocenters. The fraction of sp³-hybridized carbons (Fsp3) is 0.409. The number of carbonyl (C=O) groups excluding carboxylic acids is 3. The van der Waals surface area contributed by atoms with Crippen molar-refractivity contribution in [3.63, 3.8) is 0 Å². The second-order valence-corrected chi connectivity index (χ2v) is 6.84. The van der Waals surface area contributed by atoms with Crippen molar-refractivity contribution in [3.05, 3.63) is 49.1 Å². The Bertz CT molecular complexity index is 781. The molecule has 170 valence electrons. The van der Waals surface area contributed by atoms with Crippen molar-refractivity contribution in [3.8, 4) is 5.75 Å². The molecular weight excluding hydrogens is 402 g/mol. The number of ether oxygens (including phenoxy) is 1. The predicted molar refractivity (Wildman–Crippen MR) is 117 cm³/mol. The summed E-state index contributed by atoms with van der Waals surface area (Å²) in [6.45, 7) is 7.35. The maximum absolute atomic E-state index is 12.5. The third-order valence-corrected chi connectivity index (χ3v) is 4.40. The van der Waals surface area contributed by atoms with Crippen molar-refractivity contribution in [1.29, 1.82) is 0 Å². The van der Waals surface area contributed by atoms with Crippen LogP contribution < -0.4 is 16.0 Å². The van der Waals surface area contributed by atoms with E-state index in [4.69, 9.17) is 0 Å². The summed E-state index contributed by atoms with van der Waals surface area (Å²) in [5, 5.41) is 27.3. The van der Waals surface area contributed by atoms with E-state index in [2.05, 4.69) is 33.8 Å². The molecule has 0 heterocycles. The van der Waals surface area contributed by atoms with Crippen LogP contribution in [0.4, 0.5) is 5.69 Å². The van der Waals surface area contributed by atoms with Crippen molar-refractivity contribution in [2.75, 3.05) is 19.0 Å². The molecule has 0 saturated carbocycles. The van der Waals surface area contributed by atoms with Gasteiger partial charge >= 0.3 is 5.97 Å². The number of phenols is 1. The van der Waals surface area contributed by atoms with Crippen LogP contribution in [0.25, 0.3) is 0 Å². The summed E-state index contributed by atoms with van der Waals surface area (Å²) in [5.74, 6) is -1.09. The zero-order valence-electron chi connectivity index (χ0n) is 17.7. The minimum atomic E-state index is -0.919. The number of hydrogen-bond acceptors (Lipinski definition) is 7. The maximum Gasteiger partial charge on any atom is 0.305 e. The molecule has 1 aromatic carbocycles. The first-order valence-electron chi connectivity index (χ1n) is 9.92. The van der Waals surface area contributed by atoms with E-state index in [1.54, 1.807) is 6.07 Å². The molecular formula is C22H31N3O6. The first-order valence-corrected chi connectivity index (χ1v) is 9.92. The molecule has 1 rings (SSSR count). The van der Waals surface area contributed by atoms with Crippen molar-refractivity contribution in [2.24, 2.45) is 0 Å². The highest BCUT2D eigenvalue weighted by Gasteiger charge is 2.19. The van der Waals surface area contributed by atoms with Gasteiger partial charge in [-0.25, -0.2) is 0 Å². The Morgan fingerprint density at radius 1 is 1.10 bits per heavy atom. The second-order valence-electron chi connectivity index (χ2n) is 6.84. The molecule has 0 aliphatic rings. The van der Waals surface area contributed by atoms with Crippen LogP contribution in [0, 0.1) is 0 Å². The molecule has 0 unspecified atom stereocenters. The van der Waals surface area contributed by atoms with Gasteiger partial charge < -0.3 is 30.9 Å². The van der Waals surface area contributed by atoms with Gasteiger partial charge in [-0.2, -0.15) is 0 Å². The third-order valence-electron chi connectivity index (χ3n) is 4.40. The maximum atomic E-state index is 12.5. The number of aromatic hydroxyl groups is 1. The first kappa shape index (κ1) is 25.7. The van der Waals surface area contributed by atoms with E-state index in [1.807, 2.05) is 0 Å². The van der Waals surface area contributed by atoms with Gasteiger partial charge in [-0.05, 0) is 30.5 Å². The Labute approximate surface area is 182 Å². The number of rotatable bonds is 14. The Morgan fingerprint density at radius 3 is 2.42 bits per heavy atom. The molecule has 1 aromatic rings. The van der Waals surface area contributed by atoms with Gasteiger partial charge in [0.05, 0.1) is 19.8 Å². The van der Waals surface area contributed by atoms with Gasteiger partial charge in [-0.15, -0.1) is 13.2 Å². The lowest BCUT2D eigenvalue weighted by molar-refractivity contribution is -0.140. The number of phenolic OH excluding ortho intramolecular Hbond substituents is 1. The fourth-order valence-electron chi connectivity index (χ4n) is 2.70. The summed E-state index contributed by atoms with van der Waals surface area (Å²) in [4.78, 5) is 35.6. The molecule has 2 amide bonds. The van der Waals surface area contributed by atoms with Gasteiger partial charge in [0, 0.05) is 31.1 Å². The van der Waals surface area contributed by atoms with Crippen LogP contribution in [0.3, 0.4) is 0 Å². The molecule has 0 bridgehead atoms. The minimum absolute atomic E-state index is 0.00857. The third kappa shape index (κ3) is 9.81. The predicted octanol–water partition coefficient (Wildman–Crippen LogP) is 1.37. The number of hydrogen-bond donors (Lipinski definition) is 5. The molecule has 31 heavy (non-hydrogen) atoms. The normalized spacial score (nSPS) is 12.2. The summed E-state index contributed by atoms with van der Waals surface area (Å²) >= 11 is 0. The standard InChI is InChI=1S/C22H31N3O6/c1-4-16(13-23-17-10-15(14-26)11-18(27)12-17)24-22(30)19(5-2)25-20(28)8-6-7-9-21(29)31-3/h4-5,10-12,16,19,23,26-27H,1-2,6-9,13-14H2,3H3,(H,24,30)(H,25,28)/t16-,19+/m1/s1. The van der Waals surface area contributed by atoms with Gasteiger partial charge in [0.2, 0.25) is 11.8 Å². The van der Waals surface area contributed by atoms with E-state index >= 15 is 0 Å². The zero-order valence-corrected chi connectivity index (χ0v) is 17.7. The average Bonchev–Trinajstić information content (AvgIpc) is 2.76. The van der Waals surface area contributed by atoms with Gasteiger partial charge in [0.1, 0.15) is 11.8 Å². The molecule has 0 fully saturated rings. The minimum Gasteiger partial charge on any atom is -0.508 e. The molecule has 0 spiro atoms. The number of aliphatic hydroxyl groups excluding tert-OH is 1. The van der Waals surface area contributed by atoms with Crippen LogP contribution in [0.2, 0.25) is 0 Å². The number of benzene rings is 1. The van der Waals surface area contributed by atoms with Crippen molar-refractivity contribution in [2.45, 2.75) is 44.4 Å². The number of anilines is 1. The van der Waals surface area contributed by atoms with E-state index in [1.165, 1.54) is 31.4 Å². The molecule has 0 saturated heterocycles. The summed E-state index contributed by atoms with van der Waals surface area (Å²) in [6.07, 6.45) is 4.29. The Balaban J connectivity index is 2.51. The van der Waals surface area contributed by atoms with Crippen molar-refractivity contribution >= 4 is 23.5 Å². The number of esters is 1. The van der Waals surface area contributed by atoms with Crippen LogP contribution in [-0.2, 0) is 25.7 Å². The van der Waals surface area contributed by atoms with Gasteiger partial charge in [0.25, 0.3) is 0 Å². The number of methoxy groups -OCH3 is 1. The quantitative estimate of drug-likeness (QED) is 0.170. The highest BCUT2D eigenvalue weighted by Crippen LogP contribution is 2.19. The number of nitrogens with one attached hydrogen (secondary N) is 3. The average molecular weight is 434 g/mol. The molecule has 0 aliphatic heterocycles. The van der Waals surface area contributed by atoms with E-state index in [-0.39, 0.29) is 43.6 Å². The lowest BCUT2D eigenvalue weighted by Gasteiger charge is -2.20. The monoisotopic (exact) mass is 433 g/mol. The van der Waals surface area contributed by atoms with Crippen LogP contribution in [0.1, 0.15) is 31.2 Å². The van der Waals surface area contributed by atoms with Gasteiger partial charge in [0.15, 0.2) is 0 Å². The first-order chi connectivity index (χ1) is 14.8. The van der Waals surface area contributed by atoms with E-state index in [9.17, 15) is 24.6 Å². The molecule has 9 heteroatoms. The van der Waals surface area contributed by atoms with E-state index in [0.717, 1.165) is 0 Å². The molecule has 0 radical (unpaired) electrons. The van der Waals surface area contributed by atoms with Crippen LogP contribution in [0.15, 0.2) is 43.5 Å². The van der Waals surface area contributed by atoms with Crippen LogP contribution >= 0.6 is 0 Å². The smallest absolute Gasteiger partial charge is 0.305 e. The fourth-order valence-corrected chi connectivity index (χ4v) is 2.70. The number of unbranched alkanes of at least 4 members (excludes halogenated alkanes) is 1. The lowest BCUT2D eigenvalue weighted by atomic mass is 10.1. The SMILES string of the molecule is C=C[C@H](CNc1cc(O)cc(CO)c1)NC(=O)[C@H](C=C)NC(=O)CCCCC(=O)OC. The number of amides is 2. The van der Waals surface area contributed by atoms with Crippen molar-refractivity contribution in [1.82, 2.24) is 10.6 Å². The van der Waals surface area contributed by atoms with Crippen molar-refractivity contribution < 1.29 is 29.3 Å². The summed E-state index contributed by atoms with van der Waals surface area (Å²) in [6, 6.07) is 3.23. The summed E-state index contributed by atoms with van der Waals surface area (Å²) in [7, 11) is 1.31. The van der Waals surface area contributed by atoms with Crippen LogP contribution in [-0.4, -0.2) is 53.7 Å². The Kier molecular flexibility index (Phi) is 11.5. The second kappa shape index (κ2) is 13.8. The van der Waals surface area contributed by atoms with E-state index in [0.29, 0.717) is 24.1 Å². The Hall–Kier alpha value is -3.33. The Morgan fingerprint density at radius 2 is 1.81 bits per heavy atom. The lowest BCUT2D eigenvalue weighted by Crippen LogP contribution is -2.49. The highest BCUT2D eigenvalue weighted by atomic mass is 16.5. The summed E-state index contributed by atoms with van der Waals surface area (Å²) < 4.78 is 4.54. The van der Waals surface area contributed by atoms with Crippen LogP contribution in [0.5, 0.6) is 5.75 Å². The highest BCUT2D eigenvalue weighted by molar-refractivity contribution is 5.89. The van der Waals surface area contributed by atoms with E-state index < -0.39 is 18.0 Å². The largest absolute Gasteiger partial charge is 0.508 e. The molecule has 0 aromatic heterocycles. The molecule has 5 N–H and O–H groups in total. The topological polar surface area (TPSA) is 137 Å². The van der Waals surface area contributed by atoms with Gasteiger partial charge in [-0.3, -0.25) is 14.4 Å².